The summed E-state index contributed by atoms with van der Waals surface area (Å²) in [6, 6.07) is 27.3. The van der Waals surface area contributed by atoms with Gasteiger partial charge in [0.05, 0.1) is 11.2 Å². The molecule has 24 heavy (non-hydrogen) atoms. The summed E-state index contributed by atoms with van der Waals surface area (Å²) in [5, 5.41) is 5.84. The van der Waals surface area contributed by atoms with Crippen LogP contribution in [0.5, 0.6) is 0 Å². The van der Waals surface area contributed by atoms with Gasteiger partial charge in [-0.2, -0.15) is 5.10 Å². The Morgan fingerprint density at radius 1 is 0.750 bits per heavy atom. The maximum absolute atomic E-state index is 4.67. The molecule has 0 amide bonds. The van der Waals surface area contributed by atoms with Gasteiger partial charge in [-0.3, -0.25) is 4.68 Å². The van der Waals surface area contributed by atoms with E-state index in [4.69, 9.17) is 0 Å². The van der Waals surface area contributed by atoms with E-state index in [-0.39, 0.29) is 0 Å². The van der Waals surface area contributed by atoms with Crippen LogP contribution < -0.4 is 0 Å². The third-order valence-electron chi connectivity index (χ3n) is 4.22. The predicted molar refractivity (Wildman–Crippen MR) is 102 cm³/mol. The van der Waals surface area contributed by atoms with E-state index in [1.807, 2.05) is 36.0 Å². The molecule has 1 aromatic heterocycles. The zero-order valence-corrected chi connectivity index (χ0v) is 13.6. The van der Waals surface area contributed by atoms with Crippen molar-refractivity contribution in [2.75, 3.05) is 0 Å². The molecule has 116 valence electrons. The molecule has 0 radical (unpaired) electrons. The highest BCUT2D eigenvalue weighted by molar-refractivity contribution is 5.92. The lowest BCUT2D eigenvalue weighted by Gasteiger charge is -2.02. The van der Waals surface area contributed by atoms with Gasteiger partial charge in [0.2, 0.25) is 0 Å². The summed E-state index contributed by atoms with van der Waals surface area (Å²) in [6.07, 6.45) is 4.20. The van der Waals surface area contributed by atoms with Crippen LogP contribution in [-0.2, 0) is 7.05 Å². The number of hydrogen-bond acceptors (Lipinski definition) is 1. The average molecular weight is 310 g/mol. The molecule has 3 aromatic carbocycles. The van der Waals surface area contributed by atoms with Crippen molar-refractivity contribution in [3.05, 3.63) is 90.1 Å². The molecule has 0 fully saturated rings. The van der Waals surface area contributed by atoms with E-state index in [9.17, 15) is 0 Å². The van der Waals surface area contributed by atoms with Gasteiger partial charge in [0, 0.05) is 12.4 Å². The summed E-state index contributed by atoms with van der Waals surface area (Å²) in [6.45, 7) is 0. The topological polar surface area (TPSA) is 17.8 Å². The number of rotatable bonds is 3. The molecular formula is C22H18N2. The number of aromatic nitrogens is 2. The van der Waals surface area contributed by atoms with Gasteiger partial charge in [-0.25, -0.2) is 0 Å². The minimum absolute atomic E-state index is 0.995. The monoisotopic (exact) mass is 310 g/mol. The zero-order valence-electron chi connectivity index (χ0n) is 13.6. The van der Waals surface area contributed by atoms with Gasteiger partial charge in [0.15, 0.2) is 0 Å². The van der Waals surface area contributed by atoms with Crippen molar-refractivity contribution in [2.45, 2.75) is 0 Å². The molecule has 0 saturated carbocycles. The molecule has 0 aliphatic heterocycles. The van der Waals surface area contributed by atoms with Crippen molar-refractivity contribution in [2.24, 2.45) is 7.05 Å². The first kappa shape index (κ1) is 14.5. The summed E-state index contributed by atoms with van der Waals surface area (Å²) in [7, 11) is 1.99. The number of benzene rings is 3. The van der Waals surface area contributed by atoms with Gasteiger partial charge >= 0.3 is 0 Å². The van der Waals surface area contributed by atoms with Crippen molar-refractivity contribution >= 4 is 23.1 Å². The second-order valence-corrected chi connectivity index (χ2v) is 5.85. The molecule has 0 aliphatic rings. The van der Waals surface area contributed by atoms with E-state index < -0.39 is 0 Å². The smallest absolute Gasteiger partial charge is 0.0930 e. The van der Waals surface area contributed by atoms with Gasteiger partial charge in [0.1, 0.15) is 0 Å². The van der Waals surface area contributed by atoms with Crippen LogP contribution in [-0.4, -0.2) is 9.78 Å². The van der Waals surface area contributed by atoms with Gasteiger partial charge in [-0.15, -0.1) is 0 Å². The predicted octanol–water partition coefficient (Wildman–Crippen LogP) is 5.41. The van der Waals surface area contributed by atoms with E-state index in [0.29, 0.717) is 0 Å². The molecule has 0 unspecified atom stereocenters. The molecule has 0 spiro atoms. The molecule has 4 aromatic rings. The van der Waals surface area contributed by atoms with Crippen molar-refractivity contribution in [1.82, 2.24) is 9.78 Å². The second kappa shape index (κ2) is 6.17. The summed E-state index contributed by atoms with van der Waals surface area (Å²) < 4.78 is 1.94. The Kier molecular flexibility index (Phi) is 3.72. The fourth-order valence-corrected chi connectivity index (χ4v) is 2.97. The van der Waals surface area contributed by atoms with Crippen LogP contribution >= 0.6 is 0 Å². The van der Waals surface area contributed by atoms with Crippen LogP contribution in [0.25, 0.3) is 34.2 Å². The molecule has 0 N–H and O–H groups in total. The molecule has 2 heteroatoms. The highest BCUT2D eigenvalue weighted by atomic mass is 15.3. The Bertz CT molecular complexity index is 996. The first-order valence-corrected chi connectivity index (χ1v) is 8.06. The Hall–Kier alpha value is -3.13. The maximum atomic E-state index is 4.67. The highest BCUT2D eigenvalue weighted by Gasteiger charge is 2.08. The fourth-order valence-electron chi connectivity index (χ4n) is 2.97. The van der Waals surface area contributed by atoms with Crippen molar-refractivity contribution < 1.29 is 0 Å². The van der Waals surface area contributed by atoms with Crippen molar-refractivity contribution in [3.8, 4) is 11.1 Å². The summed E-state index contributed by atoms with van der Waals surface area (Å²) >= 11 is 0. The molecule has 4 rings (SSSR count). The van der Waals surface area contributed by atoms with Gasteiger partial charge in [-0.05, 0) is 34.9 Å². The Balaban J connectivity index is 1.80. The lowest BCUT2D eigenvalue weighted by Crippen LogP contribution is -1.89. The summed E-state index contributed by atoms with van der Waals surface area (Å²) in [5.74, 6) is 0. The Labute approximate surface area is 141 Å². The van der Waals surface area contributed by atoms with Crippen LogP contribution in [0.15, 0.2) is 78.9 Å². The average Bonchev–Trinajstić information content (AvgIpc) is 2.97. The maximum Gasteiger partial charge on any atom is 0.0930 e. The van der Waals surface area contributed by atoms with Crippen LogP contribution in [0, 0.1) is 0 Å². The SMILES string of the molecule is Cn1nc(/C=C/c2ccccc2)c2cc(-c3ccccc3)ccc21. The Morgan fingerprint density at radius 3 is 2.21 bits per heavy atom. The van der Waals surface area contributed by atoms with Crippen LogP contribution in [0.1, 0.15) is 11.3 Å². The van der Waals surface area contributed by atoms with E-state index in [0.717, 1.165) is 11.2 Å². The van der Waals surface area contributed by atoms with Crippen LogP contribution in [0.3, 0.4) is 0 Å². The van der Waals surface area contributed by atoms with Crippen molar-refractivity contribution in [1.29, 1.82) is 0 Å². The number of hydrogen-bond donors (Lipinski definition) is 0. The number of aryl methyl sites for hydroxylation is 1. The molecule has 0 aliphatic carbocycles. The molecule has 0 atom stereocenters. The first-order chi connectivity index (χ1) is 11.8. The normalized spacial score (nSPS) is 11.4. The van der Waals surface area contributed by atoms with Crippen LogP contribution in [0.4, 0.5) is 0 Å². The van der Waals surface area contributed by atoms with E-state index in [1.165, 1.54) is 22.1 Å². The standard InChI is InChI=1S/C22H18N2/c1-24-22-15-13-19(18-10-6-3-7-11-18)16-20(22)21(23-24)14-12-17-8-4-2-5-9-17/h2-16H,1H3/b14-12+. The minimum Gasteiger partial charge on any atom is -0.267 e. The summed E-state index contributed by atoms with van der Waals surface area (Å²) in [5.41, 5.74) is 5.75. The molecule has 2 nitrogen and oxygen atoms in total. The minimum atomic E-state index is 0.995. The Morgan fingerprint density at radius 2 is 1.46 bits per heavy atom. The van der Waals surface area contributed by atoms with E-state index in [1.54, 1.807) is 0 Å². The fraction of sp³-hybridized carbons (Fsp3) is 0.0455. The van der Waals surface area contributed by atoms with Gasteiger partial charge < -0.3 is 0 Å². The second-order valence-electron chi connectivity index (χ2n) is 5.85. The highest BCUT2D eigenvalue weighted by Crippen LogP contribution is 2.27. The van der Waals surface area contributed by atoms with E-state index >= 15 is 0 Å². The number of fused-ring (bicyclic) bond motifs is 1. The van der Waals surface area contributed by atoms with Gasteiger partial charge in [0.25, 0.3) is 0 Å². The van der Waals surface area contributed by atoms with Gasteiger partial charge in [-0.1, -0.05) is 72.8 Å². The lowest BCUT2D eigenvalue weighted by molar-refractivity contribution is 0.793. The lowest BCUT2D eigenvalue weighted by atomic mass is 10.0. The number of nitrogens with zero attached hydrogens (tertiary/aromatic N) is 2. The zero-order chi connectivity index (χ0) is 16.4. The molecular weight excluding hydrogens is 292 g/mol. The third kappa shape index (κ3) is 2.74. The first-order valence-electron chi connectivity index (χ1n) is 8.06. The van der Waals surface area contributed by atoms with Crippen LogP contribution in [0.2, 0.25) is 0 Å². The van der Waals surface area contributed by atoms with E-state index in [2.05, 4.69) is 71.8 Å². The summed E-state index contributed by atoms with van der Waals surface area (Å²) in [4.78, 5) is 0. The molecule has 0 saturated heterocycles. The quantitative estimate of drug-likeness (QED) is 0.494. The van der Waals surface area contributed by atoms with Crippen molar-refractivity contribution in [3.63, 3.8) is 0 Å². The molecule has 0 bridgehead atoms. The largest absolute Gasteiger partial charge is 0.267 e. The third-order valence-corrected chi connectivity index (χ3v) is 4.22. The molecule has 1 heterocycles.